The first-order valence-electron chi connectivity index (χ1n) is 18.1. The molecule has 2 heterocycles. The van der Waals surface area contributed by atoms with Crippen molar-refractivity contribution in [1.29, 1.82) is 0 Å². The lowest BCUT2D eigenvalue weighted by Crippen LogP contribution is -2.00. The van der Waals surface area contributed by atoms with E-state index in [4.69, 9.17) is 19.9 Å². The highest BCUT2D eigenvalue weighted by atomic mass is 15.0. The summed E-state index contributed by atoms with van der Waals surface area (Å²) in [6.07, 6.45) is 0. The number of hydrogen-bond donors (Lipinski definition) is 0. The van der Waals surface area contributed by atoms with Crippen LogP contribution in [0.15, 0.2) is 194 Å². The van der Waals surface area contributed by atoms with E-state index in [9.17, 15) is 0 Å². The second kappa shape index (κ2) is 13.4. The van der Waals surface area contributed by atoms with E-state index in [1.54, 1.807) is 0 Å². The summed E-state index contributed by atoms with van der Waals surface area (Å²) in [6, 6.07) is 67.7. The minimum absolute atomic E-state index is 0.626. The Morgan fingerprint density at radius 2 is 0.759 bits per heavy atom. The SMILES string of the molecule is c1ccc(-c2cc(-c3ccc4ccccc4c3)c3c(n2)c(-c2ccc(-c4nc(-c5ccccc5)nc(-c5ccccc5)n4)cc2)cc2ccccc23)cc1. The van der Waals surface area contributed by atoms with Crippen molar-refractivity contribution in [3.8, 4) is 67.7 Å². The number of pyridine rings is 1. The molecule has 0 amide bonds. The number of fused-ring (bicyclic) bond motifs is 4. The van der Waals surface area contributed by atoms with Gasteiger partial charge in [0.15, 0.2) is 17.5 Å². The molecule has 54 heavy (non-hydrogen) atoms. The molecular weight excluding hydrogens is 657 g/mol. The molecule has 10 rings (SSSR count). The first-order valence-corrected chi connectivity index (χ1v) is 18.1. The van der Waals surface area contributed by atoms with E-state index in [0.717, 1.165) is 66.5 Å². The molecule has 0 N–H and O–H groups in total. The van der Waals surface area contributed by atoms with Crippen LogP contribution in [0.2, 0.25) is 0 Å². The molecular formula is C50H32N4. The summed E-state index contributed by atoms with van der Waals surface area (Å²) in [5.41, 5.74) is 10.2. The number of rotatable bonds is 6. The standard InChI is InChI=1S/C50H32N4/c1-4-15-35(16-5-1)45-32-43(41-29-24-33-14-10-11-21-39(33)30-41)46-42-23-13-12-22-40(42)31-44(47(46)51-45)34-25-27-38(28-26-34)50-53-48(36-17-6-2-7-18-36)52-49(54-50)37-19-8-3-9-20-37/h1-32H. The van der Waals surface area contributed by atoms with Gasteiger partial charge in [0.1, 0.15) is 0 Å². The van der Waals surface area contributed by atoms with Crippen molar-refractivity contribution < 1.29 is 0 Å². The van der Waals surface area contributed by atoms with Gasteiger partial charge in [-0.05, 0) is 56.4 Å². The van der Waals surface area contributed by atoms with Crippen LogP contribution >= 0.6 is 0 Å². The molecule has 8 aromatic carbocycles. The van der Waals surface area contributed by atoms with Crippen molar-refractivity contribution in [3.63, 3.8) is 0 Å². The first kappa shape index (κ1) is 31.4. The Kier molecular flexibility index (Phi) is 7.77. The Labute approximate surface area is 313 Å². The summed E-state index contributed by atoms with van der Waals surface area (Å²) >= 11 is 0. The number of aromatic nitrogens is 4. The number of hydrogen-bond acceptors (Lipinski definition) is 4. The van der Waals surface area contributed by atoms with Crippen molar-refractivity contribution in [2.75, 3.05) is 0 Å². The average Bonchev–Trinajstić information content (AvgIpc) is 3.26. The molecule has 0 spiro atoms. The van der Waals surface area contributed by atoms with Crippen LogP contribution in [-0.2, 0) is 0 Å². The van der Waals surface area contributed by atoms with E-state index in [1.165, 1.54) is 16.2 Å². The molecule has 4 heteroatoms. The van der Waals surface area contributed by atoms with Crippen LogP contribution in [0.4, 0.5) is 0 Å². The Hall–Kier alpha value is -7.30. The number of nitrogens with zero attached hydrogens (tertiary/aromatic N) is 4. The van der Waals surface area contributed by atoms with Crippen LogP contribution in [0.1, 0.15) is 0 Å². The fraction of sp³-hybridized carbons (Fsp3) is 0. The van der Waals surface area contributed by atoms with E-state index < -0.39 is 0 Å². The molecule has 0 fully saturated rings. The second-order valence-corrected chi connectivity index (χ2v) is 13.5. The monoisotopic (exact) mass is 688 g/mol. The maximum Gasteiger partial charge on any atom is 0.164 e. The van der Waals surface area contributed by atoms with E-state index in [2.05, 4.69) is 127 Å². The van der Waals surface area contributed by atoms with Gasteiger partial charge in [-0.2, -0.15) is 0 Å². The molecule has 0 saturated heterocycles. The van der Waals surface area contributed by atoms with E-state index in [1.807, 2.05) is 66.7 Å². The summed E-state index contributed by atoms with van der Waals surface area (Å²) in [5, 5.41) is 5.91. The molecule has 0 aliphatic carbocycles. The van der Waals surface area contributed by atoms with Crippen molar-refractivity contribution in [3.05, 3.63) is 194 Å². The van der Waals surface area contributed by atoms with Gasteiger partial charge in [-0.1, -0.05) is 176 Å². The highest BCUT2D eigenvalue weighted by Crippen LogP contribution is 2.42. The molecule has 0 radical (unpaired) electrons. The predicted molar refractivity (Wildman–Crippen MR) is 223 cm³/mol. The minimum atomic E-state index is 0.626. The third kappa shape index (κ3) is 5.76. The van der Waals surface area contributed by atoms with Crippen molar-refractivity contribution in [1.82, 2.24) is 19.9 Å². The van der Waals surface area contributed by atoms with Gasteiger partial charge >= 0.3 is 0 Å². The first-order chi connectivity index (χ1) is 26.7. The van der Waals surface area contributed by atoms with Gasteiger partial charge < -0.3 is 0 Å². The fourth-order valence-electron chi connectivity index (χ4n) is 7.38. The average molecular weight is 689 g/mol. The predicted octanol–water partition coefficient (Wildman–Crippen LogP) is 12.7. The molecule has 0 saturated carbocycles. The third-order valence-corrected chi connectivity index (χ3v) is 10.1. The van der Waals surface area contributed by atoms with Crippen LogP contribution < -0.4 is 0 Å². The van der Waals surface area contributed by atoms with Crippen LogP contribution in [0.25, 0.3) is 100 Å². The van der Waals surface area contributed by atoms with E-state index in [-0.39, 0.29) is 0 Å². The second-order valence-electron chi connectivity index (χ2n) is 13.5. The van der Waals surface area contributed by atoms with Crippen molar-refractivity contribution in [2.45, 2.75) is 0 Å². The smallest absolute Gasteiger partial charge is 0.164 e. The van der Waals surface area contributed by atoms with Gasteiger partial charge in [-0.15, -0.1) is 0 Å². The van der Waals surface area contributed by atoms with E-state index in [0.29, 0.717) is 17.5 Å². The van der Waals surface area contributed by atoms with Crippen LogP contribution in [-0.4, -0.2) is 19.9 Å². The van der Waals surface area contributed by atoms with Crippen LogP contribution in [0.5, 0.6) is 0 Å². The van der Waals surface area contributed by atoms with Crippen LogP contribution in [0, 0.1) is 0 Å². The Morgan fingerprint density at radius 3 is 1.39 bits per heavy atom. The molecule has 252 valence electrons. The van der Waals surface area contributed by atoms with Gasteiger partial charge in [-0.25, -0.2) is 19.9 Å². The summed E-state index contributed by atoms with van der Waals surface area (Å²) in [6.45, 7) is 0. The lowest BCUT2D eigenvalue weighted by molar-refractivity contribution is 1.07. The topological polar surface area (TPSA) is 51.6 Å². The lowest BCUT2D eigenvalue weighted by Gasteiger charge is -2.17. The fourth-order valence-corrected chi connectivity index (χ4v) is 7.38. The quantitative estimate of drug-likeness (QED) is 0.163. The van der Waals surface area contributed by atoms with Crippen LogP contribution in [0.3, 0.4) is 0 Å². The largest absolute Gasteiger partial charge is 0.247 e. The highest BCUT2D eigenvalue weighted by Gasteiger charge is 2.18. The Bertz CT molecular complexity index is 2900. The van der Waals surface area contributed by atoms with Gasteiger partial charge in [-0.3, -0.25) is 0 Å². The zero-order chi connectivity index (χ0) is 35.8. The van der Waals surface area contributed by atoms with Crippen molar-refractivity contribution in [2.24, 2.45) is 0 Å². The minimum Gasteiger partial charge on any atom is -0.247 e. The summed E-state index contributed by atoms with van der Waals surface area (Å²) in [4.78, 5) is 20.3. The molecule has 0 unspecified atom stereocenters. The molecule has 10 aromatic rings. The van der Waals surface area contributed by atoms with Gasteiger partial charge in [0.2, 0.25) is 0 Å². The molecule has 0 bridgehead atoms. The van der Waals surface area contributed by atoms with Gasteiger partial charge in [0, 0.05) is 33.2 Å². The molecule has 4 nitrogen and oxygen atoms in total. The van der Waals surface area contributed by atoms with Gasteiger partial charge in [0.25, 0.3) is 0 Å². The molecule has 0 aliphatic heterocycles. The summed E-state index contributed by atoms with van der Waals surface area (Å²) in [7, 11) is 0. The maximum absolute atomic E-state index is 5.46. The number of benzene rings is 8. The molecule has 0 aliphatic rings. The molecule has 2 aromatic heterocycles. The highest BCUT2D eigenvalue weighted by molar-refractivity contribution is 6.18. The normalized spacial score (nSPS) is 11.3. The summed E-state index contributed by atoms with van der Waals surface area (Å²) < 4.78 is 0. The third-order valence-electron chi connectivity index (χ3n) is 10.1. The van der Waals surface area contributed by atoms with E-state index >= 15 is 0 Å². The molecule has 0 atom stereocenters. The van der Waals surface area contributed by atoms with Crippen molar-refractivity contribution >= 4 is 32.4 Å². The zero-order valence-corrected chi connectivity index (χ0v) is 29.3. The Balaban J connectivity index is 1.18. The van der Waals surface area contributed by atoms with Gasteiger partial charge in [0.05, 0.1) is 11.2 Å². The summed E-state index contributed by atoms with van der Waals surface area (Å²) in [5.74, 6) is 1.91. The maximum atomic E-state index is 5.46. The zero-order valence-electron chi connectivity index (χ0n) is 29.3. The lowest BCUT2D eigenvalue weighted by atomic mass is 9.89. The Morgan fingerprint density at radius 1 is 0.278 bits per heavy atom.